The summed E-state index contributed by atoms with van der Waals surface area (Å²) in [7, 11) is 1.66. The molecule has 4 rings (SSSR count). The molecular formula is C30H34N6O2. The highest BCUT2D eigenvalue weighted by molar-refractivity contribution is 5.81. The fourth-order valence-electron chi connectivity index (χ4n) is 4.38. The van der Waals surface area contributed by atoms with Crippen molar-refractivity contribution in [1.82, 2.24) is 20.2 Å². The number of nitrogens with zero attached hydrogens (tertiary/aromatic N) is 4. The van der Waals surface area contributed by atoms with Gasteiger partial charge in [-0.1, -0.05) is 36.1 Å². The summed E-state index contributed by atoms with van der Waals surface area (Å²) in [6.07, 6.45) is 13.0. The van der Waals surface area contributed by atoms with Gasteiger partial charge in [0.2, 0.25) is 5.96 Å². The van der Waals surface area contributed by atoms with Crippen LogP contribution in [0.15, 0.2) is 72.2 Å². The van der Waals surface area contributed by atoms with Crippen molar-refractivity contribution < 1.29 is 9.47 Å². The van der Waals surface area contributed by atoms with Crippen molar-refractivity contribution in [3.05, 3.63) is 78.4 Å². The van der Waals surface area contributed by atoms with Crippen LogP contribution in [0.1, 0.15) is 49.1 Å². The van der Waals surface area contributed by atoms with Crippen LogP contribution in [-0.2, 0) is 6.54 Å². The van der Waals surface area contributed by atoms with Gasteiger partial charge in [-0.05, 0) is 61.9 Å². The van der Waals surface area contributed by atoms with E-state index in [4.69, 9.17) is 14.5 Å². The molecule has 3 aromatic rings. The highest BCUT2D eigenvalue weighted by Crippen LogP contribution is 2.34. The highest BCUT2D eigenvalue weighted by Gasteiger charge is 2.20. The van der Waals surface area contributed by atoms with Gasteiger partial charge in [-0.15, -0.1) is 0 Å². The van der Waals surface area contributed by atoms with Gasteiger partial charge < -0.3 is 19.4 Å². The smallest absolute Gasteiger partial charge is 0.204 e. The zero-order valence-electron chi connectivity index (χ0n) is 21.8. The van der Waals surface area contributed by atoms with Crippen LogP contribution >= 0.6 is 0 Å². The molecule has 1 unspecified atom stereocenters. The minimum absolute atomic E-state index is 0.212. The van der Waals surface area contributed by atoms with Crippen molar-refractivity contribution in [2.75, 3.05) is 20.2 Å². The third-order valence-electron chi connectivity index (χ3n) is 6.40. The molecule has 0 bridgehead atoms. The molecule has 2 N–H and O–H groups in total. The van der Waals surface area contributed by atoms with Gasteiger partial charge in [0.25, 0.3) is 0 Å². The Morgan fingerprint density at radius 1 is 1.18 bits per heavy atom. The monoisotopic (exact) mass is 510 g/mol. The Hall–Kier alpha value is -4.43. The Labute approximate surface area is 224 Å². The number of nitriles is 1. The molecule has 0 spiro atoms. The number of benzene rings is 2. The van der Waals surface area contributed by atoms with E-state index in [1.807, 2.05) is 65.5 Å². The molecule has 0 amide bonds. The molecule has 196 valence electrons. The van der Waals surface area contributed by atoms with Gasteiger partial charge in [-0.3, -0.25) is 10.3 Å². The van der Waals surface area contributed by atoms with Crippen molar-refractivity contribution in [3.63, 3.8) is 0 Å². The van der Waals surface area contributed by atoms with E-state index in [0.29, 0.717) is 24.8 Å². The molecule has 1 atom stereocenters. The number of hydrogen-bond acceptors (Lipinski definition) is 5. The maximum atomic E-state index is 9.25. The third kappa shape index (κ3) is 8.04. The molecule has 1 aromatic heterocycles. The van der Waals surface area contributed by atoms with Crippen LogP contribution in [0.4, 0.5) is 0 Å². The molecule has 1 aliphatic rings. The van der Waals surface area contributed by atoms with Crippen molar-refractivity contribution in [3.8, 4) is 29.5 Å². The molecular weight excluding hydrogens is 476 g/mol. The molecule has 8 heteroatoms. The summed E-state index contributed by atoms with van der Waals surface area (Å²) >= 11 is 0. The normalized spacial score (nSPS) is 14.2. The Morgan fingerprint density at radius 3 is 2.76 bits per heavy atom. The highest BCUT2D eigenvalue weighted by atomic mass is 16.5. The summed E-state index contributed by atoms with van der Waals surface area (Å²) in [6, 6.07) is 15.9. The number of methoxy groups -OCH3 is 1. The molecule has 0 radical (unpaired) electrons. The molecule has 38 heavy (non-hydrogen) atoms. The molecule has 1 fully saturated rings. The maximum absolute atomic E-state index is 9.25. The fourth-order valence-corrected chi connectivity index (χ4v) is 4.38. The number of imidazole rings is 1. The molecule has 2 aromatic carbocycles. The number of ether oxygens (including phenoxy) is 2. The van der Waals surface area contributed by atoms with Gasteiger partial charge >= 0.3 is 0 Å². The summed E-state index contributed by atoms with van der Waals surface area (Å²) in [5.74, 6) is 8.34. The fraction of sp³-hybridized carbons (Fsp3) is 0.367. The Bertz CT molecular complexity index is 1270. The second-order valence-corrected chi connectivity index (χ2v) is 9.13. The Kier molecular flexibility index (Phi) is 10.1. The van der Waals surface area contributed by atoms with Gasteiger partial charge in [-0.25, -0.2) is 4.98 Å². The molecule has 1 heterocycles. The lowest BCUT2D eigenvalue weighted by atomic mass is 9.98. The van der Waals surface area contributed by atoms with Gasteiger partial charge in [0.1, 0.15) is 0 Å². The summed E-state index contributed by atoms with van der Waals surface area (Å²) in [5, 5.41) is 15.2. The number of rotatable bonds is 10. The average molecular weight is 511 g/mol. The van der Waals surface area contributed by atoms with Crippen molar-refractivity contribution in [1.29, 1.82) is 5.26 Å². The predicted molar refractivity (Wildman–Crippen MR) is 148 cm³/mol. The van der Waals surface area contributed by atoms with E-state index >= 15 is 0 Å². The van der Waals surface area contributed by atoms with Crippen LogP contribution in [0.5, 0.6) is 11.5 Å². The van der Waals surface area contributed by atoms with Crippen LogP contribution in [0.2, 0.25) is 0 Å². The lowest BCUT2D eigenvalue weighted by Gasteiger charge is -2.18. The number of nitrogens with one attached hydrogen (secondary N) is 2. The third-order valence-corrected chi connectivity index (χ3v) is 6.40. The first-order valence-corrected chi connectivity index (χ1v) is 13.1. The first-order valence-electron chi connectivity index (χ1n) is 13.1. The number of aliphatic imine (C=N–C) groups is 1. The summed E-state index contributed by atoms with van der Waals surface area (Å²) in [5.41, 5.74) is 1.92. The van der Waals surface area contributed by atoms with Crippen molar-refractivity contribution >= 4 is 5.96 Å². The largest absolute Gasteiger partial charge is 0.493 e. The van der Waals surface area contributed by atoms with Gasteiger partial charge in [0.05, 0.1) is 32.0 Å². The summed E-state index contributed by atoms with van der Waals surface area (Å²) in [6.45, 7) is 1.86. The molecule has 1 aliphatic carbocycles. The topological polar surface area (TPSA) is 96.5 Å². The molecule has 0 saturated heterocycles. The first-order chi connectivity index (χ1) is 18.7. The van der Waals surface area contributed by atoms with E-state index in [1.54, 1.807) is 19.6 Å². The van der Waals surface area contributed by atoms with Crippen LogP contribution in [0.25, 0.3) is 0 Å². The van der Waals surface area contributed by atoms with E-state index in [9.17, 15) is 5.26 Å². The minimum atomic E-state index is -0.213. The zero-order chi connectivity index (χ0) is 26.4. The first kappa shape index (κ1) is 26.6. The molecule has 1 saturated carbocycles. The average Bonchev–Trinajstić information content (AvgIpc) is 3.66. The standard InChI is InChI=1S/C30H34N6O2/c1-37-28-15-14-25(20-29(28)38-27-10-5-6-11-27)26(13-12-24-8-3-2-4-9-24)21-34-30(35-22-31)33-16-7-18-36-19-17-32-23-36/h2-4,8-9,14-15,17,19-20,23,26-27H,5-7,10-11,16,18,21H2,1H3,(H2,33,34,35). The van der Waals surface area contributed by atoms with Gasteiger partial charge in [0, 0.05) is 31.0 Å². The number of aryl methyl sites for hydroxylation is 1. The van der Waals surface area contributed by atoms with E-state index < -0.39 is 0 Å². The van der Waals surface area contributed by atoms with E-state index in [0.717, 1.165) is 42.7 Å². The van der Waals surface area contributed by atoms with Crippen LogP contribution in [0, 0.1) is 23.3 Å². The van der Waals surface area contributed by atoms with Crippen LogP contribution in [0.3, 0.4) is 0 Å². The van der Waals surface area contributed by atoms with Gasteiger partial charge in [-0.2, -0.15) is 5.26 Å². The number of aromatic nitrogens is 2. The van der Waals surface area contributed by atoms with Crippen molar-refractivity contribution in [2.45, 2.75) is 50.7 Å². The Morgan fingerprint density at radius 2 is 2.03 bits per heavy atom. The summed E-state index contributed by atoms with van der Waals surface area (Å²) in [4.78, 5) is 8.75. The molecule has 0 aliphatic heterocycles. The predicted octanol–water partition coefficient (Wildman–Crippen LogP) is 4.45. The SMILES string of the molecule is COc1ccc(C(C#Cc2ccccc2)CN=C(NC#N)NCCCn2ccnc2)cc1OC1CCCC1. The lowest BCUT2D eigenvalue weighted by molar-refractivity contribution is 0.200. The number of guanidine groups is 1. The Balaban J connectivity index is 1.52. The minimum Gasteiger partial charge on any atom is -0.493 e. The van der Waals surface area contributed by atoms with Crippen molar-refractivity contribution in [2.24, 2.45) is 4.99 Å². The number of hydrogen-bond donors (Lipinski definition) is 2. The van der Waals surface area contributed by atoms with Crippen LogP contribution in [-0.4, -0.2) is 41.8 Å². The van der Waals surface area contributed by atoms with Gasteiger partial charge in [0.15, 0.2) is 17.7 Å². The van der Waals surface area contributed by atoms with Crippen LogP contribution < -0.4 is 20.1 Å². The lowest BCUT2D eigenvalue weighted by Crippen LogP contribution is -2.35. The summed E-state index contributed by atoms with van der Waals surface area (Å²) < 4.78 is 13.9. The zero-order valence-corrected chi connectivity index (χ0v) is 21.8. The second kappa shape index (κ2) is 14.3. The molecule has 8 nitrogen and oxygen atoms in total. The quantitative estimate of drug-likeness (QED) is 0.104. The van der Waals surface area contributed by atoms with E-state index in [1.165, 1.54) is 12.8 Å². The second-order valence-electron chi connectivity index (χ2n) is 9.13. The maximum Gasteiger partial charge on any atom is 0.204 e. The van der Waals surface area contributed by atoms with E-state index in [-0.39, 0.29) is 12.0 Å². The van der Waals surface area contributed by atoms with E-state index in [2.05, 4.69) is 27.5 Å².